The van der Waals surface area contributed by atoms with Gasteiger partial charge in [0.2, 0.25) is 0 Å². The Morgan fingerprint density at radius 3 is 1.46 bits per heavy atom. The molecule has 0 atom stereocenters. The van der Waals surface area contributed by atoms with Crippen LogP contribution in [0.5, 0.6) is 23.0 Å². The molecule has 406 valence electrons. The molecule has 0 amide bonds. The Kier molecular flexibility index (Phi) is 11.6. The molecule has 0 aliphatic rings. The second kappa shape index (κ2) is 18.5. The molecule has 0 saturated heterocycles. The van der Waals surface area contributed by atoms with Crippen molar-refractivity contribution in [2.45, 2.75) is 105 Å². The van der Waals surface area contributed by atoms with E-state index in [2.05, 4.69) is 258 Å². The number of thiophene rings is 1. The first-order valence-electron chi connectivity index (χ1n) is 28.7. The van der Waals surface area contributed by atoms with E-state index in [-0.39, 0.29) is 21.7 Å². The molecule has 0 aliphatic carbocycles. The fraction of sp³-hybridized carbons (Fsp3) is 0.211. The molecule has 0 fully saturated rings. The third-order valence-electron chi connectivity index (χ3n) is 16.7. The lowest BCUT2D eigenvalue weighted by molar-refractivity contribution is 0.465. The molecule has 0 bridgehead atoms. The van der Waals surface area contributed by atoms with Crippen LogP contribution in [0.4, 0.5) is 0 Å². The highest BCUT2D eigenvalue weighted by molar-refractivity contribution is 7.26. The first-order chi connectivity index (χ1) is 39.1. The van der Waals surface area contributed by atoms with Gasteiger partial charge in [0.25, 0.3) is 0 Å². The van der Waals surface area contributed by atoms with Crippen LogP contribution >= 0.6 is 11.3 Å². The highest BCUT2D eigenvalue weighted by Gasteiger charge is 2.29. The maximum atomic E-state index is 7.68. The van der Waals surface area contributed by atoms with E-state index in [1.54, 1.807) is 11.3 Å². The van der Waals surface area contributed by atoms with Gasteiger partial charge in [0.05, 0.1) is 15.7 Å². The molecule has 14 rings (SSSR count). The quantitative estimate of drug-likeness (QED) is 0.160. The van der Waals surface area contributed by atoms with Gasteiger partial charge in [-0.2, -0.15) is 0 Å². The van der Waals surface area contributed by atoms with E-state index < -0.39 is 0 Å². The Labute approximate surface area is 483 Å². The lowest BCUT2D eigenvalue weighted by Gasteiger charge is -2.27. The van der Waals surface area contributed by atoms with Crippen molar-refractivity contribution in [2.24, 2.45) is 0 Å². The van der Waals surface area contributed by atoms with Crippen LogP contribution in [0, 0.1) is 0 Å². The summed E-state index contributed by atoms with van der Waals surface area (Å²) in [5.74, 6) is 2.63. The minimum Gasteiger partial charge on any atom is -0.456 e. The highest BCUT2D eigenvalue weighted by atomic mass is 32.1. The molecule has 14 aromatic rings. The lowest BCUT2D eigenvalue weighted by atomic mass is 9.80. The predicted octanol–water partition coefficient (Wildman–Crippen LogP) is 23.1. The number of nitrogens with zero attached hydrogens (tertiary/aromatic N) is 1. The highest BCUT2D eigenvalue weighted by Crippen LogP contribution is 2.52. The molecular formula is C76H67NO4S. The summed E-state index contributed by atoms with van der Waals surface area (Å²) in [6.07, 6.45) is 0. The van der Waals surface area contributed by atoms with Gasteiger partial charge in [-0.15, -0.1) is 11.3 Å². The van der Waals surface area contributed by atoms with Crippen molar-refractivity contribution in [3.8, 4) is 50.9 Å². The topological polar surface area (TPSA) is 49.7 Å². The standard InChI is InChI=1S/C76H67NO4S/c1-73(2,3)46-30-32-59-57(39-46)69-67-55-26-18-20-28-60(55)80-62(67)42-64(71(69)77(59)50-37-48(75(7,8)9)36-49(38-50)76(10,11)12)78-51-34-45(54-25-17-16-24-53(54)44-22-14-13-15-23-44)35-52(41-51)79-65-43-63-68(56-27-19-21-29-61(56)81-63)70-58-40-47(74(4,5)6)31-33-66(58)82-72(65)70/h13-43H,1-12H3. The third kappa shape index (κ3) is 8.64. The zero-order valence-corrected chi connectivity index (χ0v) is 49.7. The summed E-state index contributed by atoms with van der Waals surface area (Å²) in [7, 11) is 0. The second-order valence-electron chi connectivity index (χ2n) is 26.6. The van der Waals surface area contributed by atoms with Crippen molar-refractivity contribution >= 4 is 97.2 Å². The zero-order chi connectivity index (χ0) is 56.8. The van der Waals surface area contributed by atoms with Crippen LogP contribution in [0.15, 0.2) is 197 Å². The first-order valence-corrected chi connectivity index (χ1v) is 29.5. The summed E-state index contributed by atoms with van der Waals surface area (Å²) in [4.78, 5) is 0. The summed E-state index contributed by atoms with van der Waals surface area (Å²) in [5, 5.41) is 8.87. The van der Waals surface area contributed by atoms with Gasteiger partial charge in [-0.05, 0) is 127 Å². The van der Waals surface area contributed by atoms with E-state index in [9.17, 15) is 0 Å². The van der Waals surface area contributed by atoms with Gasteiger partial charge in [0.15, 0.2) is 5.75 Å². The normalized spacial score (nSPS) is 12.9. The molecule has 0 saturated carbocycles. The van der Waals surface area contributed by atoms with Gasteiger partial charge in [-0.25, -0.2) is 0 Å². The van der Waals surface area contributed by atoms with Gasteiger partial charge < -0.3 is 22.9 Å². The number of fused-ring (bicyclic) bond motifs is 14. The van der Waals surface area contributed by atoms with Crippen molar-refractivity contribution in [2.75, 3.05) is 0 Å². The molecule has 5 nitrogen and oxygen atoms in total. The Balaban J connectivity index is 1.06. The predicted molar refractivity (Wildman–Crippen MR) is 347 cm³/mol. The van der Waals surface area contributed by atoms with Crippen LogP contribution in [-0.4, -0.2) is 4.57 Å². The van der Waals surface area contributed by atoms with Crippen molar-refractivity contribution in [1.29, 1.82) is 0 Å². The van der Waals surface area contributed by atoms with Crippen molar-refractivity contribution in [3.63, 3.8) is 0 Å². The average molecular weight is 1090 g/mol. The SMILES string of the molecule is CC(C)(C)c1cc(-n2c3ccc(C(C)(C)C)cc3c3c4c(cc(Oc5cc(Oc6cc7oc8ccccc8c7c7c6sc6ccc(C(C)(C)C)cc67)cc(-c6ccccc6-c6ccccc6)c5)c32)oc2ccccc24)cc(C(C)(C)C)c1. The Hall–Kier alpha value is -8.58. The van der Waals surface area contributed by atoms with Gasteiger partial charge >= 0.3 is 0 Å². The number of furan rings is 2. The van der Waals surface area contributed by atoms with Crippen LogP contribution in [-0.2, 0) is 21.7 Å². The van der Waals surface area contributed by atoms with Crippen molar-refractivity contribution < 1.29 is 18.3 Å². The maximum Gasteiger partial charge on any atom is 0.155 e. The van der Waals surface area contributed by atoms with Crippen molar-refractivity contribution in [1.82, 2.24) is 4.57 Å². The molecule has 4 aromatic heterocycles. The number of para-hydroxylation sites is 2. The van der Waals surface area contributed by atoms with E-state index >= 15 is 0 Å². The maximum absolute atomic E-state index is 7.68. The number of hydrogen-bond acceptors (Lipinski definition) is 5. The number of ether oxygens (including phenoxy) is 2. The molecule has 82 heavy (non-hydrogen) atoms. The molecule has 6 heteroatoms. The summed E-state index contributed by atoms with van der Waals surface area (Å²) in [6, 6.07) is 67.7. The minimum atomic E-state index is -0.125. The van der Waals surface area contributed by atoms with E-state index in [0.717, 1.165) is 104 Å². The number of rotatable bonds is 7. The molecule has 0 spiro atoms. The number of hydrogen-bond donors (Lipinski definition) is 0. The summed E-state index contributed by atoms with van der Waals surface area (Å²) < 4.78 is 33.5. The largest absolute Gasteiger partial charge is 0.456 e. The average Bonchev–Trinajstić information content (AvgIpc) is 3.00. The van der Waals surface area contributed by atoms with Gasteiger partial charge in [0.1, 0.15) is 39.6 Å². The molecule has 0 radical (unpaired) electrons. The van der Waals surface area contributed by atoms with E-state index in [0.29, 0.717) is 23.0 Å². The molecule has 0 aliphatic heterocycles. The fourth-order valence-electron chi connectivity index (χ4n) is 12.2. The minimum absolute atomic E-state index is 0.0445. The van der Waals surface area contributed by atoms with Crippen LogP contribution in [0.25, 0.3) is 114 Å². The Morgan fingerprint density at radius 2 is 0.866 bits per heavy atom. The van der Waals surface area contributed by atoms with E-state index in [1.165, 1.54) is 32.3 Å². The van der Waals surface area contributed by atoms with Gasteiger partial charge in [0, 0.05) is 71.7 Å². The number of benzene rings is 10. The third-order valence-corrected chi connectivity index (χ3v) is 17.9. The monoisotopic (exact) mass is 1090 g/mol. The van der Waals surface area contributed by atoms with E-state index in [1.807, 2.05) is 18.2 Å². The van der Waals surface area contributed by atoms with Gasteiger partial charge in [-0.3, -0.25) is 0 Å². The molecule has 0 N–H and O–H groups in total. The van der Waals surface area contributed by atoms with Crippen LogP contribution in [0.3, 0.4) is 0 Å². The number of aromatic nitrogens is 1. The molecule has 10 aromatic carbocycles. The van der Waals surface area contributed by atoms with Gasteiger partial charge in [-0.1, -0.05) is 192 Å². The van der Waals surface area contributed by atoms with Crippen LogP contribution < -0.4 is 9.47 Å². The molecule has 0 unspecified atom stereocenters. The smallest absolute Gasteiger partial charge is 0.155 e. The zero-order valence-electron chi connectivity index (χ0n) is 48.9. The first kappa shape index (κ1) is 51.6. The Morgan fingerprint density at radius 1 is 0.366 bits per heavy atom. The second-order valence-corrected chi connectivity index (χ2v) is 27.6. The lowest BCUT2D eigenvalue weighted by Crippen LogP contribution is -2.17. The van der Waals surface area contributed by atoms with Crippen LogP contribution in [0.1, 0.15) is 105 Å². The van der Waals surface area contributed by atoms with Crippen molar-refractivity contribution in [3.05, 3.63) is 210 Å². The fourth-order valence-corrected chi connectivity index (χ4v) is 13.3. The Bertz CT molecular complexity index is 4870. The van der Waals surface area contributed by atoms with E-state index in [4.69, 9.17) is 18.3 Å². The molecule has 4 heterocycles. The molecular weight excluding hydrogens is 1020 g/mol. The summed E-state index contributed by atoms with van der Waals surface area (Å²) in [5.41, 5.74) is 15.2. The van der Waals surface area contributed by atoms with Crippen LogP contribution in [0.2, 0.25) is 0 Å². The summed E-state index contributed by atoms with van der Waals surface area (Å²) in [6.45, 7) is 27.5. The summed E-state index contributed by atoms with van der Waals surface area (Å²) >= 11 is 1.76.